The highest BCUT2D eigenvalue weighted by Crippen LogP contribution is 2.19. The molecular formula is C8H14N2O3S3. The molecule has 0 aliphatic carbocycles. The third kappa shape index (κ3) is 3.91. The molecule has 92 valence electrons. The summed E-state index contributed by atoms with van der Waals surface area (Å²) in [6.07, 6.45) is 4.00. The van der Waals surface area contributed by atoms with E-state index in [4.69, 9.17) is 0 Å². The summed E-state index contributed by atoms with van der Waals surface area (Å²) < 4.78 is 34.2. The minimum absolute atomic E-state index is 0.0636. The second-order valence-corrected chi connectivity index (χ2v) is 8.27. The molecule has 0 N–H and O–H groups in total. The van der Waals surface area contributed by atoms with E-state index >= 15 is 0 Å². The number of nitrogens with zero attached hydrogens (tertiary/aromatic N) is 2. The largest absolute Gasteiger partial charge is 0.252 e. The molecule has 0 saturated carbocycles. The van der Waals surface area contributed by atoms with Crippen molar-refractivity contribution in [2.75, 3.05) is 12.0 Å². The molecule has 0 fully saturated rings. The van der Waals surface area contributed by atoms with Crippen molar-refractivity contribution in [2.24, 2.45) is 0 Å². The Morgan fingerprint density at radius 2 is 2.00 bits per heavy atom. The van der Waals surface area contributed by atoms with Crippen molar-refractivity contribution < 1.29 is 12.6 Å². The third-order valence-corrected chi connectivity index (χ3v) is 6.16. The first-order chi connectivity index (χ1) is 7.45. The van der Waals surface area contributed by atoms with E-state index in [9.17, 15) is 12.6 Å². The quantitative estimate of drug-likeness (QED) is 0.734. The maximum Gasteiger partial charge on any atom is 0.233 e. The van der Waals surface area contributed by atoms with Gasteiger partial charge in [-0.1, -0.05) is 31.1 Å². The minimum Gasteiger partial charge on any atom is -0.252 e. The molecule has 0 saturated heterocycles. The van der Waals surface area contributed by atoms with Gasteiger partial charge in [-0.15, -0.1) is 10.2 Å². The van der Waals surface area contributed by atoms with Crippen LogP contribution in [0.15, 0.2) is 8.68 Å². The maximum atomic E-state index is 11.7. The van der Waals surface area contributed by atoms with Gasteiger partial charge in [-0.05, 0) is 6.42 Å². The Kier molecular flexibility index (Phi) is 5.00. The fraction of sp³-hybridized carbons (Fsp3) is 0.750. The van der Waals surface area contributed by atoms with E-state index in [0.29, 0.717) is 10.1 Å². The predicted octanol–water partition coefficient (Wildman–Crippen LogP) is 1.24. The lowest BCUT2D eigenvalue weighted by molar-refractivity contribution is 0.599. The first-order valence-corrected chi connectivity index (χ1v) is 8.89. The Balaban J connectivity index is 2.68. The van der Waals surface area contributed by atoms with Crippen LogP contribution in [0.2, 0.25) is 0 Å². The van der Waals surface area contributed by atoms with E-state index in [0.717, 1.165) is 36.9 Å². The van der Waals surface area contributed by atoms with Crippen LogP contribution in [0.5, 0.6) is 0 Å². The molecule has 0 aliphatic heterocycles. The Labute approximate surface area is 102 Å². The zero-order chi connectivity index (χ0) is 12.2. The first kappa shape index (κ1) is 13.7. The van der Waals surface area contributed by atoms with E-state index in [2.05, 4.69) is 17.1 Å². The fourth-order valence-electron chi connectivity index (χ4n) is 1.01. The molecule has 1 aromatic heterocycles. The van der Waals surface area contributed by atoms with Gasteiger partial charge in [-0.25, -0.2) is 8.42 Å². The van der Waals surface area contributed by atoms with E-state index in [-0.39, 0.29) is 4.34 Å². The summed E-state index contributed by atoms with van der Waals surface area (Å²) in [5.74, 6) is 0.520. The van der Waals surface area contributed by atoms with Crippen molar-refractivity contribution in [3.63, 3.8) is 0 Å². The van der Waals surface area contributed by atoms with Gasteiger partial charge in [-0.3, -0.25) is 4.21 Å². The van der Waals surface area contributed by atoms with Crippen molar-refractivity contribution in [3.8, 4) is 0 Å². The second kappa shape index (κ2) is 5.83. The molecule has 0 bridgehead atoms. The van der Waals surface area contributed by atoms with Crippen molar-refractivity contribution in [3.05, 3.63) is 0 Å². The molecule has 5 nitrogen and oxygen atoms in total. The highest BCUT2D eigenvalue weighted by molar-refractivity contribution is 7.93. The topological polar surface area (TPSA) is 77.0 Å². The molecule has 1 aromatic rings. The molecule has 1 unspecified atom stereocenters. The molecule has 8 heteroatoms. The van der Waals surface area contributed by atoms with Crippen LogP contribution < -0.4 is 0 Å². The van der Waals surface area contributed by atoms with Crippen LogP contribution in [0.1, 0.15) is 26.2 Å². The van der Waals surface area contributed by atoms with Crippen LogP contribution in [0.25, 0.3) is 0 Å². The molecule has 1 atom stereocenters. The number of rotatable bonds is 6. The molecule has 1 heterocycles. The average molecular weight is 282 g/mol. The van der Waals surface area contributed by atoms with E-state index in [1.54, 1.807) is 0 Å². The van der Waals surface area contributed by atoms with Gasteiger partial charge >= 0.3 is 0 Å². The Morgan fingerprint density at radius 3 is 2.50 bits per heavy atom. The summed E-state index contributed by atoms with van der Waals surface area (Å²) in [6.45, 7) is 2.07. The van der Waals surface area contributed by atoms with Gasteiger partial charge in [-0.2, -0.15) is 0 Å². The molecule has 0 amide bonds. The van der Waals surface area contributed by atoms with Crippen molar-refractivity contribution in [1.82, 2.24) is 10.2 Å². The molecule has 0 radical (unpaired) electrons. The van der Waals surface area contributed by atoms with Gasteiger partial charge in [0.1, 0.15) is 0 Å². The lowest BCUT2D eigenvalue weighted by Crippen LogP contribution is -1.97. The van der Waals surface area contributed by atoms with E-state index < -0.39 is 20.6 Å². The number of sulfone groups is 1. The highest BCUT2D eigenvalue weighted by Gasteiger charge is 2.17. The van der Waals surface area contributed by atoms with Gasteiger partial charge in [0.2, 0.25) is 18.5 Å². The van der Waals surface area contributed by atoms with Crippen LogP contribution >= 0.6 is 11.3 Å². The van der Waals surface area contributed by atoms with Crippen molar-refractivity contribution in [1.29, 1.82) is 0 Å². The van der Waals surface area contributed by atoms with Gasteiger partial charge in [0.15, 0.2) is 0 Å². The molecule has 0 aromatic carbocycles. The van der Waals surface area contributed by atoms with Crippen LogP contribution in [0, 0.1) is 0 Å². The summed E-state index contributed by atoms with van der Waals surface area (Å²) in [5.41, 5.74) is 0. The van der Waals surface area contributed by atoms with Crippen LogP contribution in [0.3, 0.4) is 0 Å². The summed E-state index contributed by atoms with van der Waals surface area (Å²) >= 11 is 0.896. The van der Waals surface area contributed by atoms with Crippen LogP contribution in [-0.4, -0.2) is 34.8 Å². The first-order valence-electron chi connectivity index (χ1n) is 4.87. The summed E-state index contributed by atoms with van der Waals surface area (Å²) in [6, 6.07) is 0. The standard InChI is InChI=1S/C8H14N2O3S3/c1-3-4-5-6-15(11)7-9-10-8(14-7)16(2,12)13/h3-6H2,1-2H3. The lowest BCUT2D eigenvalue weighted by atomic mass is 10.3. The normalized spacial score (nSPS) is 13.9. The van der Waals surface area contributed by atoms with Crippen LogP contribution in [-0.2, 0) is 20.6 Å². The smallest absolute Gasteiger partial charge is 0.233 e. The molecule has 0 spiro atoms. The Hall–Kier alpha value is -0.340. The minimum atomic E-state index is -3.33. The Bertz CT molecular complexity index is 467. The fourth-order valence-corrected chi connectivity index (χ4v) is 4.14. The summed E-state index contributed by atoms with van der Waals surface area (Å²) in [5, 5.41) is 7.17. The van der Waals surface area contributed by atoms with Crippen LogP contribution in [0.4, 0.5) is 0 Å². The molecular weight excluding hydrogens is 268 g/mol. The molecule has 0 aliphatic rings. The Morgan fingerprint density at radius 1 is 1.31 bits per heavy atom. The van der Waals surface area contributed by atoms with Crippen molar-refractivity contribution >= 4 is 32.0 Å². The maximum absolute atomic E-state index is 11.7. The molecule has 1 rings (SSSR count). The average Bonchev–Trinajstić information content (AvgIpc) is 2.66. The molecule has 16 heavy (non-hydrogen) atoms. The monoisotopic (exact) mass is 282 g/mol. The van der Waals surface area contributed by atoms with Gasteiger partial charge in [0.25, 0.3) is 0 Å². The summed E-state index contributed by atoms with van der Waals surface area (Å²) in [7, 11) is -4.55. The number of hydrogen-bond acceptors (Lipinski definition) is 6. The SMILES string of the molecule is CCCCCS(=O)c1nnc(S(C)(=O)=O)s1. The zero-order valence-electron chi connectivity index (χ0n) is 9.17. The lowest BCUT2D eigenvalue weighted by Gasteiger charge is -1.95. The number of hydrogen-bond donors (Lipinski definition) is 0. The third-order valence-electron chi connectivity index (χ3n) is 1.83. The number of aromatic nitrogens is 2. The van der Waals surface area contributed by atoms with Crippen molar-refractivity contribution in [2.45, 2.75) is 34.9 Å². The predicted molar refractivity (Wildman–Crippen MR) is 63.8 cm³/mol. The van der Waals surface area contributed by atoms with Gasteiger partial charge in [0.05, 0.1) is 10.8 Å². The van der Waals surface area contributed by atoms with E-state index in [1.165, 1.54) is 0 Å². The highest BCUT2D eigenvalue weighted by atomic mass is 32.2. The van der Waals surface area contributed by atoms with E-state index in [1.807, 2.05) is 0 Å². The van der Waals surface area contributed by atoms with Gasteiger partial charge in [0, 0.05) is 12.0 Å². The number of unbranched alkanes of at least 4 members (excludes halogenated alkanes) is 2. The summed E-state index contributed by atoms with van der Waals surface area (Å²) in [4.78, 5) is 0. The van der Waals surface area contributed by atoms with Gasteiger partial charge < -0.3 is 0 Å². The zero-order valence-corrected chi connectivity index (χ0v) is 11.6. The second-order valence-electron chi connectivity index (χ2n) is 3.36.